The summed E-state index contributed by atoms with van der Waals surface area (Å²) in [6.07, 6.45) is 1.06. The summed E-state index contributed by atoms with van der Waals surface area (Å²) < 4.78 is 7.23. The third-order valence-electron chi connectivity index (χ3n) is 2.79. The number of anilines is 1. The minimum atomic E-state index is -0.463. The second kappa shape index (κ2) is 7.65. The number of benzene rings is 1. The topological polar surface area (TPSA) is 42.2 Å². The molecule has 0 aliphatic carbocycles. The van der Waals surface area contributed by atoms with Gasteiger partial charge in [-0.1, -0.05) is 24.3 Å². The lowest BCUT2D eigenvalue weighted by atomic mass is 10.3. The Bertz CT molecular complexity index is 561. The van der Waals surface area contributed by atoms with Crippen LogP contribution in [0.3, 0.4) is 0 Å². The average Bonchev–Trinajstić information content (AvgIpc) is 2.40. The molecule has 1 unspecified atom stereocenters. The molecule has 1 atom stereocenters. The highest BCUT2D eigenvalue weighted by atomic mass is 79.9. The summed E-state index contributed by atoms with van der Waals surface area (Å²) in [6.45, 7) is 3.80. The van der Waals surface area contributed by atoms with Gasteiger partial charge < -0.3 is 21.7 Å². The zero-order valence-electron chi connectivity index (χ0n) is 11.4. The maximum atomic E-state index is 11.8. The molecule has 1 aromatic heterocycles. The van der Waals surface area contributed by atoms with Crippen LogP contribution < -0.4 is 26.9 Å². The number of nitrogens with zero attached hydrogens (tertiary/aromatic N) is 1. The van der Waals surface area contributed by atoms with Crippen LogP contribution in [0.4, 0.5) is 10.5 Å². The van der Waals surface area contributed by atoms with E-state index in [1.165, 1.54) is 0 Å². The third kappa shape index (κ3) is 4.35. The van der Waals surface area contributed by atoms with E-state index in [2.05, 4.69) is 5.32 Å². The van der Waals surface area contributed by atoms with E-state index in [0.717, 1.165) is 11.4 Å². The van der Waals surface area contributed by atoms with E-state index in [-0.39, 0.29) is 23.2 Å². The van der Waals surface area contributed by atoms with Crippen LogP contribution in [0.5, 0.6) is 0 Å². The van der Waals surface area contributed by atoms with E-state index in [1.807, 2.05) is 73.1 Å². The first-order valence-corrected chi connectivity index (χ1v) is 6.16. The van der Waals surface area contributed by atoms with Crippen molar-refractivity contribution in [3.05, 3.63) is 60.4 Å². The van der Waals surface area contributed by atoms with Gasteiger partial charge in [-0.15, -0.1) is 0 Å². The fourth-order valence-electron chi connectivity index (χ4n) is 1.83. The number of aromatic nitrogens is 1. The van der Waals surface area contributed by atoms with Crippen LogP contribution >= 0.6 is 0 Å². The van der Waals surface area contributed by atoms with E-state index < -0.39 is 6.09 Å². The van der Waals surface area contributed by atoms with Crippen molar-refractivity contribution < 1.29 is 31.1 Å². The molecular weight excluding hydrogens is 320 g/mol. The summed E-state index contributed by atoms with van der Waals surface area (Å²) in [5.41, 5.74) is 1.75. The molecule has 1 heterocycles. The van der Waals surface area contributed by atoms with Crippen LogP contribution in [0, 0.1) is 6.92 Å². The maximum Gasteiger partial charge on any atom is 0.416 e. The first-order valence-electron chi connectivity index (χ1n) is 6.16. The van der Waals surface area contributed by atoms with Gasteiger partial charge in [0.25, 0.3) is 0 Å². The van der Waals surface area contributed by atoms with Gasteiger partial charge in [0.05, 0.1) is 0 Å². The average molecular weight is 337 g/mol. The Labute approximate surface area is 129 Å². The van der Waals surface area contributed by atoms with Crippen LogP contribution in [0.15, 0.2) is 54.7 Å². The molecule has 0 fully saturated rings. The molecule has 106 valence electrons. The van der Waals surface area contributed by atoms with Crippen molar-refractivity contribution in [3.63, 3.8) is 0 Å². The number of ether oxygens (including phenoxy) is 1. The number of aryl methyl sites for hydroxylation is 1. The normalized spacial score (nSPS) is 11.1. The summed E-state index contributed by atoms with van der Waals surface area (Å²) in [5, 5.41) is 2.69. The first-order chi connectivity index (χ1) is 9.16. The Balaban J connectivity index is 0.00000200. The monoisotopic (exact) mass is 336 g/mol. The number of amides is 1. The Morgan fingerprint density at radius 1 is 1.15 bits per heavy atom. The molecule has 0 radical (unpaired) electrons. The van der Waals surface area contributed by atoms with Crippen LogP contribution in [-0.4, -0.2) is 6.09 Å². The van der Waals surface area contributed by atoms with E-state index in [9.17, 15) is 4.79 Å². The molecule has 5 heteroatoms. The Kier molecular flexibility index (Phi) is 6.18. The summed E-state index contributed by atoms with van der Waals surface area (Å²) in [4.78, 5) is 11.8. The fourth-order valence-corrected chi connectivity index (χ4v) is 1.83. The van der Waals surface area contributed by atoms with Gasteiger partial charge in [0.15, 0.2) is 11.9 Å². The predicted octanol–water partition coefficient (Wildman–Crippen LogP) is 0.0537. The first kappa shape index (κ1) is 16.2. The number of carbonyl (C=O) groups is 1. The molecule has 1 amide bonds. The number of carbonyl (C=O) groups excluding carboxylic acids is 1. The number of nitrogens with one attached hydrogen (secondary N) is 1. The second-order valence-electron chi connectivity index (χ2n) is 4.24. The molecule has 0 saturated carbocycles. The second-order valence-corrected chi connectivity index (χ2v) is 4.24. The molecule has 1 aromatic carbocycles. The van der Waals surface area contributed by atoms with Gasteiger partial charge in [-0.2, -0.15) is 4.57 Å². The summed E-state index contributed by atoms with van der Waals surface area (Å²) in [6, 6.07) is 15.0. The van der Waals surface area contributed by atoms with Gasteiger partial charge >= 0.3 is 12.3 Å². The van der Waals surface area contributed by atoms with E-state index >= 15 is 0 Å². The predicted molar refractivity (Wildman–Crippen MR) is 72.6 cm³/mol. The minimum absolute atomic E-state index is 0. The van der Waals surface area contributed by atoms with Crippen LogP contribution in [0.2, 0.25) is 0 Å². The van der Waals surface area contributed by atoms with Gasteiger partial charge in [-0.3, -0.25) is 5.32 Å². The lowest BCUT2D eigenvalue weighted by Gasteiger charge is -2.11. The van der Waals surface area contributed by atoms with Crippen molar-refractivity contribution >= 4 is 11.8 Å². The Hall–Kier alpha value is -1.88. The van der Waals surface area contributed by atoms with Crippen molar-refractivity contribution in [1.29, 1.82) is 0 Å². The molecule has 2 rings (SSSR count). The highest BCUT2D eigenvalue weighted by Gasteiger charge is 2.19. The molecule has 0 spiro atoms. The van der Waals surface area contributed by atoms with Crippen molar-refractivity contribution in [1.82, 2.24) is 0 Å². The summed E-state index contributed by atoms with van der Waals surface area (Å²) in [7, 11) is 0. The highest BCUT2D eigenvalue weighted by Crippen LogP contribution is 2.07. The standard InChI is InChI=1S/C15H16N2O2.BrH/c1-12-8-6-7-11-17(12)13(2)19-15(18)16-14-9-4-3-5-10-14;/h3-11,13H,1-2H3;1H. The van der Waals surface area contributed by atoms with Crippen molar-refractivity contribution in [2.45, 2.75) is 20.1 Å². The number of para-hydroxylation sites is 1. The Morgan fingerprint density at radius 2 is 1.80 bits per heavy atom. The van der Waals surface area contributed by atoms with Crippen molar-refractivity contribution in [3.8, 4) is 0 Å². The summed E-state index contributed by atoms with van der Waals surface area (Å²) in [5.74, 6) is 0. The van der Waals surface area contributed by atoms with Crippen molar-refractivity contribution in [2.75, 3.05) is 5.32 Å². The molecule has 4 nitrogen and oxygen atoms in total. The van der Waals surface area contributed by atoms with E-state index in [4.69, 9.17) is 4.74 Å². The maximum absolute atomic E-state index is 11.8. The number of rotatable bonds is 3. The van der Waals surface area contributed by atoms with Crippen LogP contribution in [0.1, 0.15) is 18.8 Å². The van der Waals surface area contributed by atoms with Gasteiger partial charge in [-0.25, -0.2) is 4.79 Å². The molecule has 0 bridgehead atoms. The number of halogens is 1. The Morgan fingerprint density at radius 3 is 2.45 bits per heavy atom. The SMILES string of the molecule is Cc1cccc[n+]1C(C)OC(=O)Nc1ccccc1.[Br-]. The molecule has 1 N–H and O–H groups in total. The van der Waals surface area contributed by atoms with E-state index in [1.54, 1.807) is 0 Å². The smallest absolute Gasteiger partial charge is 0.416 e. The van der Waals surface area contributed by atoms with Gasteiger partial charge in [-0.05, 0) is 12.1 Å². The van der Waals surface area contributed by atoms with Gasteiger partial charge in [0, 0.05) is 31.7 Å². The van der Waals surface area contributed by atoms with Crippen LogP contribution in [0.25, 0.3) is 0 Å². The van der Waals surface area contributed by atoms with Gasteiger partial charge in [0.1, 0.15) is 0 Å². The van der Waals surface area contributed by atoms with Gasteiger partial charge in [0.2, 0.25) is 0 Å². The number of pyridine rings is 1. The number of hydrogen-bond donors (Lipinski definition) is 1. The largest absolute Gasteiger partial charge is 1.00 e. The summed E-state index contributed by atoms with van der Waals surface area (Å²) >= 11 is 0. The highest BCUT2D eigenvalue weighted by molar-refractivity contribution is 5.84. The zero-order chi connectivity index (χ0) is 13.7. The zero-order valence-corrected chi connectivity index (χ0v) is 13.0. The molecule has 0 aliphatic heterocycles. The number of hydrogen-bond acceptors (Lipinski definition) is 2. The third-order valence-corrected chi connectivity index (χ3v) is 2.79. The molecule has 20 heavy (non-hydrogen) atoms. The molecule has 0 aliphatic rings. The lowest BCUT2D eigenvalue weighted by Crippen LogP contribution is -3.00. The molecule has 2 aromatic rings. The minimum Gasteiger partial charge on any atom is -1.00 e. The fraction of sp³-hybridized carbons (Fsp3) is 0.200. The molecular formula is C15H17BrN2O2. The lowest BCUT2D eigenvalue weighted by molar-refractivity contribution is -0.757. The van der Waals surface area contributed by atoms with E-state index in [0.29, 0.717) is 0 Å². The van der Waals surface area contributed by atoms with Crippen molar-refractivity contribution in [2.24, 2.45) is 0 Å². The quantitative estimate of drug-likeness (QED) is 0.805. The molecule has 0 saturated heterocycles. The van der Waals surface area contributed by atoms with Crippen LogP contribution in [-0.2, 0) is 4.74 Å².